The van der Waals surface area contributed by atoms with Gasteiger partial charge in [-0.25, -0.2) is 0 Å². The Hall–Kier alpha value is -0.580. The summed E-state index contributed by atoms with van der Waals surface area (Å²) in [6.45, 7) is 2.81. The molecule has 2 N–H and O–H groups in total. The highest BCUT2D eigenvalue weighted by atomic mass is 35.5. The Morgan fingerprint density at radius 2 is 2.31 bits per heavy atom. The number of hydrogen-bond donors (Lipinski definition) is 2. The third kappa shape index (κ3) is 4.96. The van der Waals surface area contributed by atoms with Crippen LogP contribution in [-0.2, 0) is 4.79 Å². The summed E-state index contributed by atoms with van der Waals surface area (Å²) in [5.74, 6) is 0.115. The van der Waals surface area contributed by atoms with Gasteiger partial charge in [0.1, 0.15) is 0 Å². The number of thiophene rings is 1. The predicted octanol–water partition coefficient (Wildman–Crippen LogP) is 2.35. The number of hydrogen-bond acceptors (Lipinski definition) is 3. The second-order valence-electron chi connectivity index (χ2n) is 3.40. The normalized spacial score (nSPS) is 11.6. The van der Waals surface area contributed by atoms with Gasteiger partial charge in [-0.3, -0.25) is 4.79 Å². The molecule has 1 aromatic heterocycles. The van der Waals surface area contributed by atoms with Crippen molar-refractivity contribution < 1.29 is 4.79 Å². The van der Waals surface area contributed by atoms with Crippen LogP contribution in [0.4, 0.5) is 0 Å². The van der Waals surface area contributed by atoms with Gasteiger partial charge < -0.3 is 10.6 Å². The monoisotopic (exact) mass is 262 g/mol. The third-order valence-electron chi connectivity index (χ3n) is 2.23. The number of amides is 1. The van der Waals surface area contributed by atoms with Crippen molar-refractivity contribution in [3.63, 3.8) is 0 Å². The van der Waals surface area contributed by atoms with Crippen LogP contribution in [0.25, 0.3) is 0 Å². The topological polar surface area (TPSA) is 41.1 Å². The Morgan fingerprint density at radius 3 is 2.81 bits per heavy atom. The van der Waals surface area contributed by atoms with Crippen molar-refractivity contribution in [3.8, 4) is 0 Å². The van der Waals surface area contributed by atoms with Crippen LogP contribution in [0.5, 0.6) is 0 Å². The van der Waals surface area contributed by atoms with Gasteiger partial charge in [-0.15, -0.1) is 23.7 Å². The molecule has 0 saturated carbocycles. The van der Waals surface area contributed by atoms with Crippen LogP contribution in [0.3, 0.4) is 0 Å². The Kier molecular flexibility index (Phi) is 8.25. The summed E-state index contributed by atoms with van der Waals surface area (Å²) in [5, 5.41) is 8.04. The molecule has 0 radical (unpaired) electrons. The van der Waals surface area contributed by atoms with Gasteiger partial charge in [-0.05, 0) is 24.9 Å². The van der Waals surface area contributed by atoms with E-state index in [1.165, 1.54) is 4.88 Å². The van der Waals surface area contributed by atoms with E-state index in [2.05, 4.69) is 23.6 Å². The highest BCUT2D eigenvalue weighted by Crippen LogP contribution is 2.21. The summed E-state index contributed by atoms with van der Waals surface area (Å²) in [4.78, 5) is 12.8. The molecule has 0 bridgehead atoms. The Labute approximate surface area is 107 Å². The molecule has 5 heteroatoms. The van der Waals surface area contributed by atoms with Crippen molar-refractivity contribution in [1.29, 1.82) is 0 Å². The minimum atomic E-state index is 0. The number of halogens is 1. The Morgan fingerprint density at radius 1 is 1.56 bits per heavy atom. The summed E-state index contributed by atoms with van der Waals surface area (Å²) >= 11 is 1.69. The van der Waals surface area contributed by atoms with Crippen molar-refractivity contribution in [3.05, 3.63) is 22.4 Å². The van der Waals surface area contributed by atoms with Crippen molar-refractivity contribution in [2.45, 2.75) is 25.8 Å². The lowest BCUT2D eigenvalue weighted by Crippen LogP contribution is -2.29. The smallest absolute Gasteiger partial charge is 0.221 e. The predicted molar refractivity (Wildman–Crippen MR) is 71.3 cm³/mol. The maximum atomic E-state index is 11.5. The summed E-state index contributed by atoms with van der Waals surface area (Å²) in [7, 11) is 1.85. The van der Waals surface area contributed by atoms with Crippen LogP contribution in [0, 0.1) is 0 Å². The Balaban J connectivity index is 0.00000225. The van der Waals surface area contributed by atoms with Gasteiger partial charge >= 0.3 is 0 Å². The lowest BCUT2D eigenvalue weighted by Gasteiger charge is -2.15. The standard InChI is InChI=1S/C11H18N2OS.ClH/c1-3-9(10-5-4-8-15-10)13-11(14)6-7-12-2;/h4-5,8-9,12H,3,6-7H2,1-2H3,(H,13,14);1H. The number of carbonyl (C=O) groups is 1. The maximum Gasteiger partial charge on any atom is 0.221 e. The first-order valence-electron chi connectivity index (χ1n) is 5.25. The third-order valence-corrected chi connectivity index (χ3v) is 3.22. The number of carbonyl (C=O) groups excluding carboxylic acids is 1. The molecule has 1 rings (SSSR count). The lowest BCUT2D eigenvalue weighted by atomic mass is 10.2. The molecular weight excluding hydrogens is 244 g/mol. The average Bonchev–Trinajstić information content (AvgIpc) is 2.76. The van der Waals surface area contributed by atoms with E-state index < -0.39 is 0 Å². The van der Waals surface area contributed by atoms with Crippen molar-refractivity contribution in [2.24, 2.45) is 0 Å². The van der Waals surface area contributed by atoms with E-state index in [1.807, 2.05) is 18.5 Å². The largest absolute Gasteiger partial charge is 0.348 e. The fourth-order valence-electron chi connectivity index (χ4n) is 1.37. The van der Waals surface area contributed by atoms with Gasteiger partial charge in [0, 0.05) is 17.8 Å². The van der Waals surface area contributed by atoms with Gasteiger partial charge in [0.25, 0.3) is 0 Å². The molecule has 0 saturated heterocycles. The molecule has 3 nitrogen and oxygen atoms in total. The van der Waals surface area contributed by atoms with Crippen molar-refractivity contribution in [2.75, 3.05) is 13.6 Å². The molecule has 1 atom stereocenters. The summed E-state index contributed by atoms with van der Waals surface area (Å²) < 4.78 is 0. The lowest BCUT2D eigenvalue weighted by molar-refractivity contribution is -0.121. The van der Waals surface area contributed by atoms with Crippen LogP contribution in [0.15, 0.2) is 17.5 Å². The Bertz CT molecular complexity index is 290. The van der Waals surface area contributed by atoms with Crippen molar-refractivity contribution >= 4 is 29.7 Å². The second-order valence-corrected chi connectivity index (χ2v) is 4.38. The zero-order valence-electron chi connectivity index (χ0n) is 9.66. The van der Waals surface area contributed by atoms with Crippen LogP contribution < -0.4 is 10.6 Å². The first-order chi connectivity index (χ1) is 7.27. The van der Waals surface area contributed by atoms with Gasteiger partial charge in [0.2, 0.25) is 5.91 Å². The second kappa shape index (κ2) is 8.56. The maximum absolute atomic E-state index is 11.5. The summed E-state index contributed by atoms with van der Waals surface area (Å²) in [6, 6.07) is 4.26. The van der Waals surface area contributed by atoms with E-state index in [9.17, 15) is 4.79 Å². The SMILES string of the molecule is CCC(NC(=O)CCNC)c1cccs1.Cl. The number of nitrogens with one attached hydrogen (secondary N) is 2. The van der Waals surface area contributed by atoms with E-state index in [0.717, 1.165) is 13.0 Å². The quantitative estimate of drug-likeness (QED) is 0.826. The van der Waals surface area contributed by atoms with Crippen LogP contribution in [0.1, 0.15) is 30.7 Å². The zero-order valence-corrected chi connectivity index (χ0v) is 11.3. The fourth-order valence-corrected chi connectivity index (χ4v) is 2.23. The van der Waals surface area contributed by atoms with E-state index in [-0.39, 0.29) is 24.4 Å². The summed E-state index contributed by atoms with van der Waals surface area (Å²) in [5.41, 5.74) is 0. The van der Waals surface area contributed by atoms with E-state index in [1.54, 1.807) is 11.3 Å². The highest BCUT2D eigenvalue weighted by molar-refractivity contribution is 7.10. The van der Waals surface area contributed by atoms with Gasteiger partial charge in [-0.1, -0.05) is 13.0 Å². The fraction of sp³-hybridized carbons (Fsp3) is 0.545. The molecular formula is C11H19ClN2OS. The minimum Gasteiger partial charge on any atom is -0.348 e. The van der Waals surface area contributed by atoms with Gasteiger partial charge in [-0.2, -0.15) is 0 Å². The molecule has 0 aliphatic rings. The van der Waals surface area contributed by atoms with Crippen LogP contribution >= 0.6 is 23.7 Å². The molecule has 1 unspecified atom stereocenters. The van der Waals surface area contributed by atoms with Gasteiger partial charge in [0.05, 0.1) is 6.04 Å². The van der Waals surface area contributed by atoms with Crippen molar-refractivity contribution in [1.82, 2.24) is 10.6 Å². The minimum absolute atomic E-state index is 0. The average molecular weight is 263 g/mol. The van der Waals surface area contributed by atoms with E-state index in [0.29, 0.717) is 6.42 Å². The molecule has 1 amide bonds. The first kappa shape index (κ1) is 15.4. The molecule has 1 heterocycles. The molecule has 92 valence electrons. The molecule has 1 aromatic rings. The molecule has 16 heavy (non-hydrogen) atoms. The summed E-state index contributed by atoms with van der Waals surface area (Å²) in [6.07, 6.45) is 1.48. The molecule has 0 fully saturated rings. The van der Waals surface area contributed by atoms with Crippen LogP contribution in [0.2, 0.25) is 0 Å². The first-order valence-corrected chi connectivity index (χ1v) is 6.13. The van der Waals surface area contributed by atoms with Gasteiger partial charge in [0.15, 0.2) is 0 Å². The molecule has 0 aromatic carbocycles. The number of rotatable bonds is 6. The molecule has 0 spiro atoms. The van der Waals surface area contributed by atoms with E-state index >= 15 is 0 Å². The van der Waals surface area contributed by atoms with Crippen LogP contribution in [-0.4, -0.2) is 19.5 Å². The highest BCUT2D eigenvalue weighted by Gasteiger charge is 2.12. The zero-order chi connectivity index (χ0) is 11.1. The molecule has 0 aliphatic heterocycles. The van der Waals surface area contributed by atoms with E-state index in [4.69, 9.17) is 0 Å². The molecule has 0 aliphatic carbocycles.